The zero-order chi connectivity index (χ0) is 8.77. The number of hydrogen-bond acceptors (Lipinski definition) is 3. The molecule has 0 aromatic rings. The SMILES string of the molecule is CC(C)C1CC2(CO1)OC2C#N. The summed E-state index contributed by atoms with van der Waals surface area (Å²) in [6.45, 7) is 4.87. The molecule has 3 heteroatoms. The first-order valence-corrected chi connectivity index (χ1v) is 4.37. The fourth-order valence-electron chi connectivity index (χ4n) is 1.74. The molecule has 0 bridgehead atoms. The monoisotopic (exact) mass is 167 g/mol. The van der Waals surface area contributed by atoms with Gasteiger partial charge in [0.2, 0.25) is 0 Å². The Labute approximate surface area is 72.3 Å². The summed E-state index contributed by atoms with van der Waals surface area (Å²) in [6.07, 6.45) is 0.965. The predicted molar refractivity (Wildman–Crippen MR) is 42.4 cm³/mol. The van der Waals surface area contributed by atoms with Gasteiger partial charge in [-0.1, -0.05) is 13.8 Å². The molecule has 12 heavy (non-hydrogen) atoms. The van der Waals surface area contributed by atoms with E-state index in [-0.39, 0.29) is 17.8 Å². The van der Waals surface area contributed by atoms with Crippen molar-refractivity contribution in [3.8, 4) is 6.07 Å². The second kappa shape index (κ2) is 2.45. The van der Waals surface area contributed by atoms with E-state index in [0.717, 1.165) is 6.42 Å². The minimum atomic E-state index is -0.219. The zero-order valence-electron chi connectivity index (χ0n) is 7.41. The summed E-state index contributed by atoms with van der Waals surface area (Å²) in [5, 5.41) is 8.63. The molecular weight excluding hydrogens is 154 g/mol. The zero-order valence-corrected chi connectivity index (χ0v) is 7.41. The summed E-state index contributed by atoms with van der Waals surface area (Å²) in [7, 11) is 0. The predicted octanol–water partition coefficient (Wildman–Crippen LogP) is 1.09. The van der Waals surface area contributed by atoms with Crippen LogP contribution in [0.4, 0.5) is 0 Å². The molecule has 0 N–H and O–H groups in total. The lowest BCUT2D eigenvalue weighted by molar-refractivity contribution is 0.0710. The van der Waals surface area contributed by atoms with Crippen LogP contribution in [0.1, 0.15) is 20.3 Å². The van der Waals surface area contributed by atoms with Gasteiger partial charge in [-0.3, -0.25) is 0 Å². The van der Waals surface area contributed by atoms with Gasteiger partial charge in [-0.15, -0.1) is 0 Å². The summed E-state index contributed by atoms with van der Waals surface area (Å²) in [4.78, 5) is 0. The molecule has 2 aliphatic heterocycles. The fourth-order valence-corrected chi connectivity index (χ4v) is 1.74. The van der Waals surface area contributed by atoms with Crippen molar-refractivity contribution in [3.05, 3.63) is 0 Å². The molecule has 0 saturated carbocycles. The van der Waals surface area contributed by atoms with Crippen LogP contribution in [-0.4, -0.2) is 24.4 Å². The van der Waals surface area contributed by atoms with Gasteiger partial charge in [-0.25, -0.2) is 0 Å². The van der Waals surface area contributed by atoms with E-state index in [4.69, 9.17) is 14.7 Å². The number of ether oxygens (including phenoxy) is 2. The van der Waals surface area contributed by atoms with Crippen molar-refractivity contribution in [2.24, 2.45) is 5.92 Å². The van der Waals surface area contributed by atoms with Gasteiger partial charge in [0.15, 0.2) is 6.10 Å². The van der Waals surface area contributed by atoms with Crippen LogP contribution in [0.3, 0.4) is 0 Å². The minimum Gasteiger partial charge on any atom is -0.375 e. The molecule has 3 atom stereocenters. The van der Waals surface area contributed by atoms with Crippen molar-refractivity contribution in [2.75, 3.05) is 6.61 Å². The van der Waals surface area contributed by atoms with Gasteiger partial charge >= 0.3 is 0 Å². The van der Waals surface area contributed by atoms with Crippen LogP contribution in [-0.2, 0) is 9.47 Å². The lowest BCUT2D eigenvalue weighted by Crippen LogP contribution is -2.16. The molecule has 0 aromatic heterocycles. The van der Waals surface area contributed by atoms with Crippen molar-refractivity contribution in [3.63, 3.8) is 0 Å². The van der Waals surface area contributed by atoms with Crippen LogP contribution < -0.4 is 0 Å². The highest BCUT2D eigenvalue weighted by atomic mass is 16.6. The molecule has 0 amide bonds. The van der Waals surface area contributed by atoms with E-state index >= 15 is 0 Å². The summed E-state index contributed by atoms with van der Waals surface area (Å²) < 4.78 is 10.9. The average Bonchev–Trinajstić information content (AvgIpc) is 2.50. The molecule has 1 spiro atoms. The Morgan fingerprint density at radius 1 is 1.58 bits per heavy atom. The highest BCUT2D eigenvalue weighted by Crippen LogP contribution is 2.46. The third kappa shape index (κ3) is 1.03. The van der Waals surface area contributed by atoms with Crippen molar-refractivity contribution in [1.82, 2.24) is 0 Å². The second-order valence-electron chi connectivity index (χ2n) is 3.99. The summed E-state index contributed by atoms with van der Waals surface area (Å²) in [5.41, 5.74) is -0.219. The van der Waals surface area contributed by atoms with E-state index < -0.39 is 0 Å². The average molecular weight is 167 g/mol. The molecule has 2 aliphatic rings. The van der Waals surface area contributed by atoms with Gasteiger partial charge in [-0.2, -0.15) is 5.26 Å². The molecular formula is C9H13NO2. The maximum atomic E-state index is 8.63. The first kappa shape index (κ1) is 8.03. The summed E-state index contributed by atoms with van der Waals surface area (Å²) >= 11 is 0. The Balaban J connectivity index is 1.97. The molecule has 66 valence electrons. The third-order valence-electron chi connectivity index (χ3n) is 2.72. The first-order chi connectivity index (χ1) is 5.68. The van der Waals surface area contributed by atoms with E-state index in [0.29, 0.717) is 12.5 Å². The minimum absolute atomic E-state index is 0.207. The number of epoxide rings is 1. The van der Waals surface area contributed by atoms with E-state index in [1.54, 1.807) is 0 Å². The van der Waals surface area contributed by atoms with Crippen LogP contribution in [0.2, 0.25) is 0 Å². The smallest absolute Gasteiger partial charge is 0.176 e. The highest BCUT2D eigenvalue weighted by Gasteiger charge is 2.62. The Kier molecular flexibility index (Phi) is 1.64. The quantitative estimate of drug-likeness (QED) is 0.549. The Morgan fingerprint density at radius 3 is 2.75 bits per heavy atom. The van der Waals surface area contributed by atoms with E-state index in [1.165, 1.54) is 0 Å². The normalized spacial score (nSPS) is 45.2. The molecule has 3 unspecified atom stereocenters. The molecule has 3 nitrogen and oxygen atoms in total. The van der Waals surface area contributed by atoms with Crippen LogP contribution in [0.15, 0.2) is 0 Å². The van der Waals surface area contributed by atoms with Crippen molar-refractivity contribution in [1.29, 1.82) is 5.26 Å². The van der Waals surface area contributed by atoms with Gasteiger partial charge in [0.25, 0.3) is 0 Å². The largest absolute Gasteiger partial charge is 0.375 e. The third-order valence-corrected chi connectivity index (χ3v) is 2.72. The number of rotatable bonds is 1. The van der Waals surface area contributed by atoms with Crippen molar-refractivity contribution >= 4 is 0 Å². The van der Waals surface area contributed by atoms with E-state index in [2.05, 4.69) is 19.9 Å². The summed E-state index contributed by atoms with van der Waals surface area (Å²) in [6, 6.07) is 2.13. The molecule has 0 aliphatic carbocycles. The standard InChI is InChI=1S/C9H13NO2/c1-6(2)7-3-9(5-11-7)8(4-10)12-9/h6-8H,3,5H2,1-2H3. The first-order valence-electron chi connectivity index (χ1n) is 4.37. The molecule has 2 heterocycles. The molecule has 0 radical (unpaired) electrons. The molecule has 2 fully saturated rings. The molecule has 0 aromatic carbocycles. The van der Waals surface area contributed by atoms with Crippen LogP contribution in [0.25, 0.3) is 0 Å². The number of nitriles is 1. The number of nitrogens with zero attached hydrogens (tertiary/aromatic N) is 1. The Bertz CT molecular complexity index is 233. The van der Waals surface area contributed by atoms with Crippen molar-refractivity contribution in [2.45, 2.75) is 38.1 Å². The van der Waals surface area contributed by atoms with Crippen LogP contribution in [0, 0.1) is 17.2 Å². The van der Waals surface area contributed by atoms with Crippen LogP contribution >= 0.6 is 0 Å². The van der Waals surface area contributed by atoms with E-state index in [9.17, 15) is 0 Å². The number of hydrogen-bond donors (Lipinski definition) is 0. The van der Waals surface area contributed by atoms with E-state index in [1.807, 2.05) is 0 Å². The topological polar surface area (TPSA) is 45.5 Å². The highest BCUT2D eigenvalue weighted by molar-refractivity contribution is 5.17. The maximum absolute atomic E-state index is 8.63. The van der Waals surface area contributed by atoms with Crippen LogP contribution in [0.5, 0.6) is 0 Å². The van der Waals surface area contributed by atoms with Gasteiger partial charge in [0.1, 0.15) is 5.60 Å². The fraction of sp³-hybridized carbons (Fsp3) is 0.889. The van der Waals surface area contributed by atoms with Gasteiger partial charge < -0.3 is 9.47 Å². The Morgan fingerprint density at radius 2 is 2.33 bits per heavy atom. The van der Waals surface area contributed by atoms with Gasteiger partial charge in [-0.05, 0) is 5.92 Å². The lowest BCUT2D eigenvalue weighted by Gasteiger charge is -2.11. The van der Waals surface area contributed by atoms with Gasteiger partial charge in [0.05, 0.1) is 18.8 Å². The molecule has 2 rings (SSSR count). The van der Waals surface area contributed by atoms with Gasteiger partial charge in [0, 0.05) is 6.42 Å². The van der Waals surface area contributed by atoms with Crippen molar-refractivity contribution < 1.29 is 9.47 Å². The maximum Gasteiger partial charge on any atom is 0.176 e. The summed E-state index contributed by atoms with van der Waals surface area (Å²) in [5.74, 6) is 0.521. The second-order valence-corrected chi connectivity index (χ2v) is 3.99. The molecule has 2 saturated heterocycles. The Hall–Kier alpha value is -0.590. The lowest BCUT2D eigenvalue weighted by atomic mass is 9.96.